The zero-order valence-corrected chi connectivity index (χ0v) is 8.01. The van der Waals surface area contributed by atoms with Crippen molar-refractivity contribution in [3.63, 3.8) is 0 Å². The summed E-state index contributed by atoms with van der Waals surface area (Å²) in [4.78, 5) is 10.4. The van der Waals surface area contributed by atoms with Gasteiger partial charge in [-0.25, -0.2) is 0 Å². The number of aliphatic hydroxyl groups is 1. The van der Waals surface area contributed by atoms with Gasteiger partial charge in [0.1, 0.15) is 5.76 Å². The highest BCUT2D eigenvalue weighted by atomic mass is 16.3. The first-order valence-corrected chi connectivity index (χ1v) is 4.58. The van der Waals surface area contributed by atoms with Gasteiger partial charge in [-0.1, -0.05) is 18.2 Å². The molecular formula is C12H10O3. The van der Waals surface area contributed by atoms with E-state index in [4.69, 9.17) is 9.52 Å². The van der Waals surface area contributed by atoms with Crippen LogP contribution in [0.2, 0.25) is 0 Å². The SMILES string of the molecule is O=Cc1ccc(-c2cccc(CO)c2)o1. The summed E-state index contributed by atoms with van der Waals surface area (Å²) in [5.41, 5.74) is 1.67. The van der Waals surface area contributed by atoms with E-state index in [0.717, 1.165) is 11.1 Å². The minimum atomic E-state index is -0.00487. The summed E-state index contributed by atoms with van der Waals surface area (Å²) in [5, 5.41) is 8.97. The number of furan rings is 1. The smallest absolute Gasteiger partial charge is 0.185 e. The maximum atomic E-state index is 10.4. The average molecular weight is 202 g/mol. The van der Waals surface area contributed by atoms with Gasteiger partial charge in [-0.2, -0.15) is 0 Å². The maximum Gasteiger partial charge on any atom is 0.185 e. The molecule has 0 fully saturated rings. The molecule has 0 spiro atoms. The van der Waals surface area contributed by atoms with E-state index in [2.05, 4.69) is 0 Å². The van der Waals surface area contributed by atoms with Gasteiger partial charge in [0, 0.05) is 5.56 Å². The minimum Gasteiger partial charge on any atom is -0.453 e. The van der Waals surface area contributed by atoms with Crippen molar-refractivity contribution < 1.29 is 14.3 Å². The fraction of sp³-hybridized carbons (Fsp3) is 0.0833. The number of hydrogen-bond acceptors (Lipinski definition) is 3. The Morgan fingerprint density at radius 3 is 2.80 bits per heavy atom. The van der Waals surface area contributed by atoms with Crippen LogP contribution in [0.1, 0.15) is 16.1 Å². The Hall–Kier alpha value is -1.87. The van der Waals surface area contributed by atoms with Crippen LogP contribution in [0.25, 0.3) is 11.3 Å². The number of hydrogen-bond donors (Lipinski definition) is 1. The van der Waals surface area contributed by atoms with E-state index >= 15 is 0 Å². The van der Waals surface area contributed by atoms with Crippen LogP contribution in [0.5, 0.6) is 0 Å². The van der Waals surface area contributed by atoms with Crippen molar-refractivity contribution in [3.05, 3.63) is 47.7 Å². The van der Waals surface area contributed by atoms with Crippen LogP contribution in [0.4, 0.5) is 0 Å². The molecule has 0 aliphatic rings. The van der Waals surface area contributed by atoms with Crippen molar-refractivity contribution in [2.45, 2.75) is 6.61 Å². The molecule has 1 aromatic heterocycles. The second-order valence-corrected chi connectivity index (χ2v) is 3.18. The number of aldehydes is 1. The fourth-order valence-electron chi connectivity index (χ4n) is 1.39. The van der Waals surface area contributed by atoms with Crippen LogP contribution in [-0.2, 0) is 6.61 Å². The molecule has 0 bridgehead atoms. The van der Waals surface area contributed by atoms with Gasteiger partial charge in [0.05, 0.1) is 6.61 Å². The number of carbonyl (C=O) groups excluding carboxylic acids is 1. The lowest BCUT2D eigenvalue weighted by atomic mass is 10.1. The van der Waals surface area contributed by atoms with E-state index < -0.39 is 0 Å². The largest absolute Gasteiger partial charge is 0.453 e. The van der Waals surface area contributed by atoms with E-state index in [0.29, 0.717) is 17.8 Å². The normalized spacial score (nSPS) is 10.2. The zero-order valence-electron chi connectivity index (χ0n) is 8.01. The monoisotopic (exact) mass is 202 g/mol. The molecule has 0 saturated carbocycles. The Morgan fingerprint density at radius 1 is 1.27 bits per heavy atom. The summed E-state index contributed by atoms with van der Waals surface area (Å²) < 4.78 is 5.27. The van der Waals surface area contributed by atoms with Gasteiger partial charge in [-0.15, -0.1) is 0 Å². The molecule has 1 heterocycles. The highest BCUT2D eigenvalue weighted by Gasteiger charge is 2.04. The molecule has 1 aromatic carbocycles. The van der Waals surface area contributed by atoms with Gasteiger partial charge in [0.25, 0.3) is 0 Å². The average Bonchev–Trinajstić information content (AvgIpc) is 2.78. The molecule has 2 aromatic rings. The quantitative estimate of drug-likeness (QED) is 0.776. The first-order valence-electron chi connectivity index (χ1n) is 4.58. The van der Waals surface area contributed by atoms with E-state index in [1.165, 1.54) is 0 Å². The van der Waals surface area contributed by atoms with Crippen molar-refractivity contribution in [2.75, 3.05) is 0 Å². The number of carbonyl (C=O) groups is 1. The second-order valence-electron chi connectivity index (χ2n) is 3.18. The number of aliphatic hydroxyl groups excluding tert-OH is 1. The standard InChI is InChI=1S/C12H10O3/c13-7-9-2-1-3-10(6-9)12-5-4-11(8-14)15-12/h1-6,8,13H,7H2. The molecule has 0 unspecified atom stereocenters. The van der Waals surface area contributed by atoms with Crippen molar-refractivity contribution in [2.24, 2.45) is 0 Å². The molecule has 0 amide bonds. The van der Waals surface area contributed by atoms with Crippen LogP contribution in [0.15, 0.2) is 40.8 Å². The third-order valence-electron chi connectivity index (χ3n) is 2.14. The third kappa shape index (κ3) is 1.97. The third-order valence-corrected chi connectivity index (χ3v) is 2.14. The van der Waals surface area contributed by atoms with Gasteiger partial charge in [-0.05, 0) is 23.8 Å². The Bertz CT molecular complexity index is 471. The highest BCUT2D eigenvalue weighted by Crippen LogP contribution is 2.22. The Labute approximate surface area is 87.0 Å². The number of rotatable bonds is 3. The summed E-state index contributed by atoms with van der Waals surface area (Å²) in [6, 6.07) is 10.7. The predicted octanol–water partition coefficient (Wildman–Crippen LogP) is 2.25. The maximum absolute atomic E-state index is 10.4. The molecule has 76 valence electrons. The molecule has 0 radical (unpaired) electrons. The minimum absolute atomic E-state index is 0.00487. The Kier molecular flexibility index (Phi) is 2.65. The van der Waals surface area contributed by atoms with Crippen LogP contribution in [-0.4, -0.2) is 11.4 Å². The Morgan fingerprint density at radius 2 is 2.13 bits per heavy atom. The molecule has 1 N–H and O–H groups in total. The molecule has 15 heavy (non-hydrogen) atoms. The zero-order chi connectivity index (χ0) is 10.7. The van der Waals surface area contributed by atoms with Crippen LogP contribution >= 0.6 is 0 Å². The predicted molar refractivity (Wildman–Crippen MR) is 55.5 cm³/mol. The lowest BCUT2D eigenvalue weighted by Crippen LogP contribution is -1.83. The van der Waals surface area contributed by atoms with E-state index in [-0.39, 0.29) is 6.61 Å². The van der Waals surface area contributed by atoms with E-state index in [1.807, 2.05) is 24.3 Å². The first kappa shape index (κ1) is 9.68. The summed E-state index contributed by atoms with van der Waals surface area (Å²) in [5.74, 6) is 0.937. The van der Waals surface area contributed by atoms with Gasteiger partial charge >= 0.3 is 0 Å². The first-order chi connectivity index (χ1) is 7.33. The summed E-state index contributed by atoms with van der Waals surface area (Å²) in [6.07, 6.45) is 0.666. The molecule has 3 nitrogen and oxygen atoms in total. The van der Waals surface area contributed by atoms with Crippen molar-refractivity contribution in [1.29, 1.82) is 0 Å². The summed E-state index contributed by atoms with van der Waals surface area (Å²) in [6.45, 7) is -0.00487. The van der Waals surface area contributed by atoms with E-state index in [9.17, 15) is 4.79 Å². The molecule has 0 aliphatic carbocycles. The van der Waals surface area contributed by atoms with Crippen LogP contribution in [0.3, 0.4) is 0 Å². The van der Waals surface area contributed by atoms with Gasteiger partial charge in [-0.3, -0.25) is 4.79 Å². The van der Waals surface area contributed by atoms with Crippen molar-refractivity contribution >= 4 is 6.29 Å². The molecule has 0 saturated heterocycles. The summed E-state index contributed by atoms with van der Waals surface area (Å²) >= 11 is 0. The van der Waals surface area contributed by atoms with Gasteiger partial charge < -0.3 is 9.52 Å². The molecule has 0 aliphatic heterocycles. The van der Waals surface area contributed by atoms with Gasteiger partial charge in [0.2, 0.25) is 0 Å². The van der Waals surface area contributed by atoms with E-state index in [1.54, 1.807) is 12.1 Å². The van der Waals surface area contributed by atoms with Crippen molar-refractivity contribution in [1.82, 2.24) is 0 Å². The lowest BCUT2D eigenvalue weighted by Gasteiger charge is -1.99. The molecule has 0 atom stereocenters. The second kappa shape index (κ2) is 4.11. The van der Waals surface area contributed by atoms with Gasteiger partial charge in [0.15, 0.2) is 12.0 Å². The molecular weight excluding hydrogens is 192 g/mol. The fourth-order valence-corrected chi connectivity index (χ4v) is 1.39. The molecule has 2 rings (SSSR count). The Balaban J connectivity index is 2.39. The van der Waals surface area contributed by atoms with Crippen LogP contribution in [0, 0.1) is 0 Å². The van der Waals surface area contributed by atoms with Crippen LogP contribution < -0.4 is 0 Å². The lowest BCUT2D eigenvalue weighted by molar-refractivity contribution is 0.110. The highest BCUT2D eigenvalue weighted by molar-refractivity contribution is 5.72. The number of benzene rings is 1. The topological polar surface area (TPSA) is 50.4 Å². The molecule has 3 heteroatoms. The summed E-state index contributed by atoms with van der Waals surface area (Å²) in [7, 11) is 0. The van der Waals surface area contributed by atoms with Crippen molar-refractivity contribution in [3.8, 4) is 11.3 Å².